The second kappa shape index (κ2) is 11.5. The molecule has 0 radical (unpaired) electrons. The Hall–Kier alpha value is -3.77. The van der Waals surface area contributed by atoms with Crippen LogP contribution >= 0.6 is 11.3 Å². The van der Waals surface area contributed by atoms with Gasteiger partial charge in [-0.25, -0.2) is 9.38 Å². The number of rotatable bonds is 7. The van der Waals surface area contributed by atoms with Gasteiger partial charge in [-0.2, -0.15) is 0 Å². The highest BCUT2D eigenvalue weighted by molar-refractivity contribution is 7.16. The van der Waals surface area contributed by atoms with Crippen molar-refractivity contribution in [2.75, 3.05) is 5.32 Å². The van der Waals surface area contributed by atoms with Crippen molar-refractivity contribution in [2.24, 2.45) is 16.3 Å². The number of carbonyl (C=O) groups is 1. The minimum atomic E-state index is -0.277. The molecule has 1 N–H and O–H groups in total. The molecule has 39 heavy (non-hydrogen) atoms. The lowest BCUT2D eigenvalue weighted by Crippen LogP contribution is -2.27. The van der Waals surface area contributed by atoms with Gasteiger partial charge in [0.25, 0.3) is 5.91 Å². The minimum Gasteiger partial charge on any atom is -0.489 e. The topological polar surface area (TPSA) is 50.7 Å². The van der Waals surface area contributed by atoms with Crippen LogP contribution in [0.2, 0.25) is 0 Å². The Labute approximate surface area is 233 Å². The predicted octanol–water partition coefficient (Wildman–Crippen LogP) is 8.62. The fourth-order valence-electron chi connectivity index (χ4n) is 4.91. The Morgan fingerprint density at radius 1 is 1.05 bits per heavy atom. The number of ether oxygens (including phenoxy) is 1. The molecule has 1 aliphatic carbocycles. The van der Waals surface area contributed by atoms with Gasteiger partial charge in [-0.05, 0) is 84.2 Å². The molecule has 3 aromatic carbocycles. The van der Waals surface area contributed by atoms with Crippen LogP contribution in [-0.4, -0.2) is 12.1 Å². The van der Waals surface area contributed by atoms with Crippen LogP contribution in [0.3, 0.4) is 0 Å². The molecule has 1 heterocycles. The number of nitrogens with one attached hydrogen (secondary N) is 1. The number of thiophene rings is 1. The van der Waals surface area contributed by atoms with Crippen molar-refractivity contribution in [3.8, 4) is 5.75 Å². The molecular weight excluding hydrogens is 507 g/mol. The molecule has 4 nitrogen and oxygen atoms in total. The van der Waals surface area contributed by atoms with E-state index in [1.165, 1.54) is 10.9 Å². The van der Waals surface area contributed by atoms with Crippen molar-refractivity contribution in [3.63, 3.8) is 0 Å². The number of para-hydroxylation sites is 1. The van der Waals surface area contributed by atoms with Crippen LogP contribution < -0.4 is 10.1 Å². The maximum atomic E-state index is 13.9. The number of anilines is 1. The average Bonchev–Trinajstić information content (AvgIpc) is 3.30. The van der Waals surface area contributed by atoms with Gasteiger partial charge in [0.1, 0.15) is 23.2 Å². The summed E-state index contributed by atoms with van der Waals surface area (Å²) in [5.74, 6) is 0.832. The van der Waals surface area contributed by atoms with Crippen molar-refractivity contribution in [2.45, 2.75) is 46.6 Å². The third-order valence-corrected chi connectivity index (χ3v) is 8.46. The first kappa shape index (κ1) is 26.8. The van der Waals surface area contributed by atoms with Crippen LogP contribution in [0.1, 0.15) is 59.1 Å². The van der Waals surface area contributed by atoms with Crippen molar-refractivity contribution < 1.29 is 13.9 Å². The first-order chi connectivity index (χ1) is 18.8. The Morgan fingerprint density at radius 3 is 2.49 bits per heavy atom. The number of carbonyl (C=O) groups excluding carboxylic acids is 1. The molecule has 0 aliphatic heterocycles. The van der Waals surface area contributed by atoms with Crippen molar-refractivity contribution in [1.29, 1.82) is 0 Å². The zero-order valence-electron chi connectivity index (χ0n) is 22.5. The van der Waals surface area contributed by atoms with Gasteiger partial charge in [0.2, 0.25) is 0 Å². The van der Waals surface area contributed by atoms with E-state index in [4.69, 9.17) is 9.73 Å². The molecule has 0 saturated heterocycles. The molecule has 5 rings (SSSR count). The standard InChI is InChI=1S/C33H33FN2O2S/c1-33(2,3)24-15-18-27-29(19-24)39-32(30(27)31(37)36-25-10-5-4-6-11-25)35-20-22-13-16-26(17-14-22)38-21-23-9-7-8-12-28(23)34/h4-14,16-17,20,24H,15,18-19,21H2,1-3H3,(H,36,37)/t24-/m1/s1. The summed E-state index contributed by atoms with van der Waals surface area (Å²) >= 11 is 1.63. The van der Waals surface area contributed by atoms with E-state index < -0.39 is 0 Å². The lowest BCUT2D eigenvalue weighted by molar-refractivity contribution is 0.102. The number of nitrogens with zero attached hydrogens (tertiary/aromatic N) is 1. The van der Waals surface area contributed by atoms with E-state index >= 15 is 0 Å². The quantitative estimate of drug-likeness (QED) is 0.239. The molecule has 1 aromatic heterocycles. The molecule has 1 aliphatic rings. The summed E-state index contributed by atoms with van der Waals surface area (Å²) in [6, 6.07) is 23.7. The van der Waals surface area contributed by atoms with Crippen LogP contribution in [0.25, 0.3) is 0 Å². The van der Waals surface area contributed by atoms with Crippen LogP contribution in [-0.2, 0) is 19.4 Å². The van der Waals surface area contributed by atoms with Crippen LogP contribution in [0.5, 0.6) is 5.75 Å². The lowest BCUT2D eigenvalue weighted by atomic mass is 9.72. The van der Waals surface area contributed by atoms with Gasteiger partial charge < -0.3 is 10.1 Å². The lowest BCUT2D eigenvalue weighted by Gasteiger charge is -2.33. The largest absolute Gasteiger partial charge is 0.489 e. The third kappa shape index (κ3) is 6.45. The first-order valence-electron chi connectivity index (χ1n) is 13.3. The highest BCUT2D eigenvalue weighted by Crippen LogP contribution is 2.45. The second-order valence-electron chi connectivity index (χ2n) is 11.0. The molecule has 4 aromatic rings. The molecule has 0 fully saturated rings. The van der Waals surface area contributed by atoms with E-state index in [0.29, 0.717) is 22.8 Å². The zero-order chi connectivity index (χ0) is 27.4. The van der Waals surface area contributed by atoms with Crippen molar-refractivity contribution in [1.82, 2.24) is 0 Å². The number of halogens is 1. The number of benzene rings is 3. The molecule has 1 atom stereocenters. The fourth-order valence-corrected chi connectivity index (χ4v) is 6.18. The Balaban J connectivity index is 1.36. The fraction of sp³-hybridized carbons (Fsp3) is 0.273. The predicted molar refractivity (Wildman–Crippen MR) is 158 cm³/mol. The van der Waals surface area contributed by atoms with Crippen molar-refractivity contribution >= 4 is 34.1 Å². The minimum absolute atomic E-state index is 0.114. The number of hydrogen-bond donors (Lipinski definition) is 1. The number of aliphatic imine (C=N–C) groups is 1. The third-order valence-electron chi connectivity index (χ3n) is 7.29. The maximum absolute atomic E-state index is 13.9. The highest BCUT2D eigenvalue weighted by atomic mass is 32.1. The number of amides is 1. The zero-order valence-corrected chi connectivity index (χ0v) is 23.4. The van der Waals surface area contributed by atoms with E-state index in [0.717, 1.165) is 41.1 Å². The van der Waals surface area contributed by atoms with E-state index in [1.54, 1.807) is 35.8 Å². The van der Waals surface area contributed by atoms with Gasteiger partial charge in [-0.1, -0.05) is 57.2 Å². The number of fused-ring (bicyclic) bond motifs is 1. The van der Waals surface area contributed by atoms with E-state index in [1.807, 2.05) is 54.6 Å². The molecule has 0 unspecified atom stereocenters. The van der Waals surface area contributed by atoms with Crippen LogP contribution in [0, 0.1) is 17.2 Å². The maximum Gasteiger partial charge on any atom is 0.259 e. The van der Waals surface area contributed by atoms with Gasteiger partial charge in [0.15, 0.2) is 0 Å². The molecule has 0 saturated carbocycles. The summed E-state index contributed by atoms with van der Waals surface area (Å²) in [7, 11) is 0. The van der Waals surface area contributed by atoms with E-state index in [-0.39, 0.29) is 23.7 Å². The molecular formula is C33H33FN2O2S. The summed E-state index contributed by atoms with van der Waals surface area (Å²) in [4.78, 5) is 19.6. The number of hydrogen-bond acceptors (Lipinski definition) is 4. The molecule has 0 spiro atoms. The summed E-state index contributed by atoms with van der Waals surface area (Å²) < 4.78 is 19.6. The summed E-state index contributed by atoms with van der Waals surface area (Å²) in [5, 5.41) is 3.80. The smallest absolute Gasteiger partial charge is 0.259 e. The van der Waals surface area contributed by atoms with E-state index in [9.17, 15) is 9.18 Å². The van der Waals surface area contributed by atoms with Gasteiger partial charge in [0.05, 0.1) is 5.56 Å². The van der Waals surface area contributed by atoms with Crippen LogP contribution in [0.4, 0.5) is 15.1 Å². The monoisotopic (exact) mass is 540 g/mol. The van der Waals surface area contributed by atoms with E-state index in [2.05, 4.69) is 26.1 Å². The SMILES string of the molecule is CC(C)(C)[C@@H]1CCc2c(sc(N=Cc3ccc(OCc4ccccc4F)cc3)c2C(=O)Nc2ccccc2)C1. The van der Waals surface area contributed by atoms with Gasteiger partial charge in [-0.15, -0.1) is 11.3 Å². The molecule has 6 heteroatoms. The highest BCUT2D eigenvalue weighted by Gasteiger charge is 2.33. The summed E-state index contributed by atoms with van der Waals surface area (Å²) in [6.07, 6.45) is 4.71. The van der Waals surface area contributed by atoms with Crippen molar-refractivity contribution in [3.05, 3.63) is 112 Å². The Morgan fingerprint density at radius 2 is 1.77 bits per heavy atom. The molecule has 0 bridgehead atoms. The van der Waals surface area contributed by atoms with Crippen LogP contribution in [0.15, 0.2) is 83.9 Å². The second-order valence-corrected chi connectivity index (χ2v) is 12.1. The summed E-state index contributed by atoms with van der Waals surface area (Å²) in [5.41, 5.74) is 4.21. The average molecular weight is 541 g/mol. The molecule has 1 amide bonds. The van der Waals surface area contributed by atoms with Gasteiger partial charge >= 0.3 is 0 Å². The van der Waals surface area contributed by atoms with Gasteiger partial charge in [0, 0.05) is 22.3 Å². The molecule has 200 valence electrons. The van der Waals surface area contributed by atoms with Gasteiger partial charge in [-0.3, -0.25) is 4.79 Å². The Bertz CT molecular complexity index is 1470. The first-order valence-corrected chi connectivity index (χ1v) is 14.1. The summed E-state index contributed by atoms with van der Waals surface area (Å²) in [6.45, 7) is 7.04. The Kier molecular flexibility index (Phi) is 7.94. The normalized spacial score (nSPS) is 15.2.